The average molecular weight is 247 g/mol. The van der Waals surface area contributed by atoms with Crippen LogP contribution >= 0.6 is 0 Å². The molecule has 2 N–H and O–H groups in total. The lowest BCUT2D eigenvalue weighted by molar-refractivity contribution is -0.124. The van der Waals surface area contributed by atoms with Gasteiger partial charge >= 0.3 is 0 Å². The quantitative estimate of drug-likeness (QED) is 0.874. The Morgan fingerprint density at radius 3 is 2.94 bits per heavy atom. The molecule has 0 radical (unpaired) electrons. The molecule has 1 aromatic rings. The van der Waals surface area contributed by atoms with Gasteiger partial charge in [-0.05, 0) is 38.0 Å². The van der Waals surface area contributed by atoms with Gasteiger partial charge in [-0.2, -0.15) is 0 Å². The van der Waals surface area contributed by atoms with Gasteiger partial charge in [0, 0.05) is 30.9 Å². The van der Waals surface area contributed by atoms with Gasteiger partial charge in [0.15, 0.2) is 0 Å². The Bertz CT molecular complexity index is 452. The maximum absolute atomic E-state index is 12.4. The standard InChI is InChI=1S/C14H21N3O/c1-2-17-6-5-16-12(17)8-11(18)13-9-3-4-10(7-9)14(13)15/h5-6,9-10,13-14H,2-4,7-8,15H2,1H3. The number of rotatable bonds is 4. The lowest BCUT2D eigenvalue weighted by Gasteiger charge is -2.26. The number of nitrogens with two attached hydrogens (primary N) is 1. The van der Waals surface area contributed by atoms with Gasteiger partial charge in [-0.3, -0.25) is 4.79 Å². The van der Waals surface area contributed by atoms with Crippen molar-refractivity contribution in [1.82, 2.24) is 9.55 Å². The molecule has 0 aromatic carbocycles. The highest BCUT2D eigenvalue weighted by atomic mass is 16.1. The molecule has 4 nitrogen and oxygen atoms in total. The molecule has 1 aromatic heterocycles. The van der Waals surface area contributed by atoms with E-state index in [9.17, 15) is 4.79 Å². The zero-order valence-corrected chi connectivity index (χ0v) is 10.9. The summed E-state index contributed by atoms with van der Waals surface area (Å²) in [5.41, 5.74) is 6.22. The largest absolute Gasteiger partial charge is 0.335 e. The lowest BCUT2D eigenvalue weighted by Crippen LogP contribution is -2.41. The van der Waals surface area contributed by atoms with E-state index >= 15 is 0 Å². The molecule has 2 aliphatic carbocycles. The van der Waals surface area contributed by atoms with Crippen LogP contribution in [0.5, 0.6) is 0 Å². The first-order valence-corrected chi connectivity index (χ1v) is 6.99. The first kappa shape index (κ1) is 11.9. The Hall–Kier alpha value is -1.16. The van der Waals surface area contributed by atoms with E-state index in [1.807, 2.05) is 10.8 Å². The molecule has 18 heavy (non-hydrogen) atoms. The van der Waals surface area contributed by atoms with Gasteiger partial charge in [0.25, 0.3) is 0 Å². The Morgan fingerprint density at radius 2 is 2.28 bits per heavy atom. The lowest BCUT2D eigenvalue weighted by atomic mass is 9.81. The molecular formula is C14H21N3O. The number of aryl methyl sites for hydroxylation is 1. The van der Waals surface area contributed by atoms with Crippen LogP contribution in [0, 0.1) is 17.8 Å². The maximum Gasteiger partial charge on any atom is 0.145 e. The minimum atomic E-state index is 0.0887. The van der Waals surface area contributed by atoms with E-state index in [0.29, 0.717) is 24.0 Å². The molecule has 4 atom stereocenters. The Morgan fingerprint density at radius 1 is 1.50 bits per heavy atom. The molecular weight excluding hydrogens is 226 g/mol. The van der Waals surface area contributed by atoms with Crippen LogP contribution < -0.4 is 5.73 Å². The third-order valence-corrected chi connectivity index (χ3v) is 4.83. The summed E-state index contributed by atoms with van der Waals surface area (Å²) >= 11 is 0. The Balaban J connectivity index is 1.72. The molecule has 4 unspecified atom stereocenters. The second kappa shape index (κ2) is 4.50. The second-order valence-electron chi connectivity index (χ2n) is 5.71. The highest BCUT2D eigenvalue weighted by Crippen LogP contribution is 2.48. The molecule has 2 aliphatic rings. The fourth-order valence-electron chi connectivity index (χ4n) is 3.88. The summed E-state index contributed by atoms with van der Waals surface area (Å²) in [5.74, 6) is 2.41. The third-order valence-electron chi connectivity index (χ3n) is 4.83. The van der Waals surface area contributed by atoms with E-state index in [1.165, 1.54) is 19.3 Å². The van der Waals surface area contributed by atoms with Crippen LogP contribution in [0.2, 0.25) is 0 Å². The number of hydrogen-bond donors (Lipinski definition) is 1. The van der Waals surface area contributed by atoms with Crippen molar-refractivity contribution in [1.29, 1.82) is 0 Å². The summed E-state index contributed by atoms with van der Waals surface area (Å²) < 4.78 is 2.04. The van der Waals surface area contributed by atoms with Crippen LogP contribution in [0.25, 0.3) is 0 Å². The van der Waals surface area contributed by atoms with Gasteiger partial charge in [-0.1, -0.05) is 0 Å². The van der Waals surface area contributed by atoms with Crippen LogP contribution in [0.1, 0.15) is 32.0 Å². The van der Waals surface area contributed by atoms with Gasteiger partial charge in [-0.15, -0.1) is 0 Å². The van der Waals surface area contributed by atoms with E-state index in [2.05, 4.69) is 11.9 Å². The van der Waals surface area contributed by atoms with Crippen molar-refractivity contribution >= 4 is 5.78 Å². The highest BCUT2D eigenvalue weighted by Gasteiger charge is 2.48. The van der Waals surface area contributed by atoms with Crippen molar-refractivity contribution in [2.45, 2.75) is 45.2 Å². The van der Waals surface area contributed by atoms with Crippen molar-refractivity contribution in [2.24, 2.45) is 23.5 Å². The molecule has 1 heterocycles. The van der Waals surface area contributed by atoms with Crippen molar-refractivity contribution in [2.75, 3.05) is 0 Å². The summed E-state index contributed by atoms with van der Waals surface area (Å²) in [7, 11) is 0. The van der Waals surface area contributed by atoms with Crippen molar-refractivity contribution in [3.8, 4) is 0 Å². The highest BCUT2D eigenvalue weighted by molar-refractivity contribution is 5.84. The van der Waals surface area contributed by atoms with Crippen molar-refractivity contribution in [3.63, 3.8) is 0 Å². The zero-order valence-electron chi connectivity index (χ0n) is 10.9. The first-order chi connectivity index (χ1) is 8.70. The number of hydrogen-bond acceptors (Lipinski definition) is 3. The molecule has 2 fully saturated rings. The first-order valence-electron chi connectivity index (χ1n) is 6.99. The monoisotopic (exact) mass is 247 g/mol. The molecule has 0 saturated heterocycles. The topological polar surface area (TPSA) is 60.9 Å². The van der Waals surface area contributed by atoms with Crippen LogP contribution in [-0.4, -0.2) is 21.4 Å². The van der Waals surface area contributed by atoms with Gasteiger partial charge in [-0.25, -0.2) is 4.98 Å². The van der Waals surface area contributed by atoms with Gasteiger partial charge in [0.05, 0.1) is 6.42 Å². The van der Waals surface area contributed by atoms with E-state index in [1.54, 1.807) is 6.20 Å². The summed E-state index contributed by atoms with van der Waals surface area (Å²) in [5, 5.41) is 0. The Kier molecular flexibility index (Phi) is 2.98. The number of carbonyl (C=O) groups excluding carboxylic acids is 1. The average Bonchev–Trinajstić information content (AvgIpc) is 3.03. The number of carbonyl (C=O) groups is 1. The van der Waals surface area contributed by atoms with Crippen LogP contribution in [0.3, 0.4) is 0 Å². The minimum Gasteiger partial charge on any atom is -0.335 e. The van der Waals surface area contributed by atoms with E-state index in [-0.39, 0.29) is 12.0 Å². The van der Waals surface area contributed by atoms with Gasteiger partial charge < -0.3 is 10.3 Å². The Labute approximate surface area is 108 Å². The van der Waals surface area contributed by atoms with Gasteiger partial charge in [0.1, 0.15) is 11.6 Å². The number of Topliss-reactive ketones (excluding diaryl/α,β-unsaturated/α-hetero) is 1. The molecule has 0 spiro atoms. The molecule has 98 valence electrons. The number of ketones is 1. The minimum absolute atomic E-state index is 0.0887. The smallest absolute Gasteiger partial charge is 0.145 e. The molecule has 2 bridgehead atoms. The van der Waals surface area contributed by atoms with Gasteiger partial charge in [0.2, 0.25) is 0 Å². The summed E-state index contributed by atoms with van der Waals surface area (Å²) in [6.45, 7) is 2.93. The van der Waals surface area contributed by atoms with Crippen molar-refractivity contribution in [3.05, 3.63) is 18.2 Å². The third kappa shape index (κ3) is 1.79. The molecule has 3 rings (SSSR count). The fraction of sp³-hybridized carbons (Fsp3) is 0.714. The summed E-state index contributed by atoms with van der Waals surface area (Å²) in [6.07, 6.45) is 7.73. The predicted molar refractivity (Wildman–Crippen MR) is 68.9 cm³/mol. The number of imidazole rings is 1. The van der Waals surface area contributed by atoms with Crippen LogP contribution in [-0.2, 0) is 17.8 Å². The second-order valence-corrected chi connectivity index (χ2v) is 5.71. The summed E-state index contributed by atoms with van der Waals surface area (Å²) in [4.78, 5) is 16.7. The normalized spacial score (nSPS) is 34.1. The molecule has 0 amide bonds. The SMILES string of the molecule is CCn1ccnc1CC(=O)C1C2CCC(C2)C1N. The maximum atomic E-state index is 12.4. The number of fused-ring (bicyclic) bond motifs is 2. The predicted octanol–water partition coefficient (Wildman–Crippen LogP) is 1.39. The zero-order chi connectivity index (χ0) is 12.7. The van der Waals surface area contributed by atoms with E-state index < -0.39 is 0 Å². The summed E-state index contributed by atoms with van der Waals surface area (Å²) in [6, 6.07) is 0.0984. The number of nitrogens with zero attached hydrogens (tertiary/aromatic N) is 2. The van der Waals surface area contributed by atoms with E-state index in [0.717, 1.165) is 12.4 Å². The molecule has 4 heteroatoms. The van der Waals surface area contributed by atoms with Crippen molar-refractivity contribution < 1.29 is 4.79 Å². The van der Waals surface area contributed by atoms with Crippen LogP contribution in [0.15, 0.2) is 12.4 Å². The fourth-order valence-corrected chi connectivity index (χ4v) is 3.88. The van der Waals surface area contributed by atoms with E-state index in [4.69, 9.17) is 5.73 Å². The molecule has 0 aliphatic heterocycles. The van der Waals surface area contributed by atoms with Crippen LogP contribution in [0.4, 0.5) is 0 Å². The number of aromatic nitrogens is 2. The molecule has 2 saturated carbocycles.